The molecular formula is C11H15I2NO. The van der Waals surface area contributed by atoms with Crippen LogP contribution in [0.4, 0.5) is 5.69 Å². The van der Waals surface area contributed by atoms with Gasteiger partial charge in [0.05, 0.1) is 5.69 Å². The van der Waals surface area contributed by atoms with Gasteiger partial charge in [0.2, 0.25) is 0 Å². The number of hydrogen-bond donors (Lipinski definition) is 2. The van der Waals surface area contributed by atoms with Gasteiger partial charge in [0.25, 0.3) is 0 Å². The Labute approximate surface area is 118 Å². The highest BCUT2D eigenvalue weighted by Crippen LogP contribution is 2.38. The molecule has 1 rings (SSSR count). The maximum Gasteiger partial charge on any atom is 0.143 e. The lowest BCUT2D eigenvalue weighted by Crippen LogP contribution is -2.12. The SMILES string of the molecule is Cc1c(O)c(NC(C)C)c(I)c(C)c1I. The van der Waals surface area contributed by atoms with Crippen molar-refractivity contribution in [1.29, 1.82) is 0 Å². The fourth-order valence-electron chi connectivity index (χ4n) is 1.38. The van der Waals surface area contributed by atoms with Gasteiger partial charge < -0.3 is 10.4 Å². The topological polar surface area (TPSA) is 32.3 Å². The van der Waals surface area contributed by atoms with Crippen molar-refractivity contribution in [1.82, 2.24) is 0 Å². The molecule has 2 nitrogen and oxygen atoms in total. The summed E-state index contributed by atoms with van der Waals surface area (Å²) in [5.41, 5.74) is 3.05. The van der Waals surface area contributed by atoms with Crippen LogP contribution in [0.25, 0.3) is 0 Å². The zero-order valence-electron chi connectivity index (χ0n) is 9.28. The van der Waals surface area contributed by atoms with Crippen molar-refractivity contribution in [3.8, 4) is 5.75 Å². The zero-order chi connectivity index (χ0) is 11.7. The molecule has 0 saturated carbocycles. The van der Waals surface area contributed by atoms with Crippen LogP contribution in [0.2, 0.25) is 0 Å². The Hall–Kier alpha value is 0.280. The van der Waals surface area contributed by atoms with Crippen LogP contribution in [-0.4, -0.2) is 11.1 Å². The molecule has 0 aliphatic heterocycles. The molecule has 0 heterocycles. The van der Waals surface area contributed by atoms with E-state index in [1.807, 2.05) is 6.92 Å². The maximum atomic E-state index is 10.1. The monoisotopic (exact) mass is 431 g/mol. The summed E-state index contributed by atoms with van der Waals surface area (Å²) in [5.74, 6) is 0.378. The van der Waals surface area contributed by atoms with Crippen LogP contribution in [0.1, 0.15) is 25.0 Å². The van der Waals surface area contributed by atoms with E-state index in [0.717, 1.165) is 18.4 Å². The predicted molar refractivity (Wildman–Crippen MR) is 81.8 cm³/mol. The minimum Gasteiger partial charge on any atom is -0.505 e. The summed E-state index contributed by atoms with van der Waals surface area (Å²) in [6, 6.07) is 0.322. The van der Waals surface area contributed by atoms with Crippen molar-refractivity contribution in [3.63, 3.8) is 0 Å². The van der Waals surface area contributed by atoms with Gasteiger partial charge in [-0.05, 0) is 78.4 Å². The fraction of sp³-hybridized carbons (Fsp3) is 0.455. The highest BCUT2D eigenvalue weighted by atomic mass is 127. The maximum absolute atomic E-state index is 10.1. The van der Waals surface area contributed by atoms with E-state index in [2.05, 4.69) is 71.3 Å². The average molecular weight is 431 g/mol. The molecule has 0 amide bonds. The highest BCUT2D eigenvalue weighted by Gasteiger charge is 2.16. The van der Waals surface area contributed by atoms with Crippen molar-refractivity contribution in [2.24, 2.45) is 0 Å². The molecule has 0 aromatic heterocycles. The molecule has 0 aliphatic carbocycles. The van der Waals surface area contributed by atoms with E-state index in [1.165, 1.54) is 5.56 Å². The number of phenols is 1. The number of anilines is 1. The number of halogens is 2. The molecule has 15 heavy (non-hydrogen) atoms. The van der Waals surface area contributed by atoms with Gasteiger partial charge in [-0.3, -0.25) is 0 Å². The van der Waals surface area contributed by atoms with Gasteiger partial charge >= 0.3 is 0 Å². The third-order valence-corrected chi connectivity index (χ3v) is 5.20. The molecular weight excluding hydrogens is 416 g/mol. The molecule has 0 spiro atoms. The summed E-state index contributed by atoms with van der Waals surface area (Å²) < 4.78 is 2.25. The van der Waals surface area contributed by atoms with E-state index in [0.29, 0.717) is 11.8 Å². The molecule has 0 fully saturated rings. The first kappa shape index (κ1) is 13.3. The number of nitrogens with one attached hydrogen (secondary N) is 1. The summed E-state index contributed by atoms with van der Waals surface area (Å²) in [4.78, 5) is 0. The molecule has 1 aromatic rings. The smallest absolute Gasteiger partial charge is 0.143 e. The second-order valence-corrected chi connectivity index (χ2v) is 6.06. The van der Waals surface area contributed by atoms with Crippen molar-refractivity contribution in [2.75, 3.05) is 5.32 Å². The lowest BCUT2D eigenvalue weighted by atomic mass is 10.1. The minimum atomic E-state index is 0.322. The van der Waals surface area contributed by atoms with Crippen LogP contribution in [0.15, 0.2) is 0 Å². The number of hydrogen-bond acceptors (Lipinski definition) is 2. The van der Waals surface area contributed by atoms with Crippen LogP contribution in [0.3, 0.4) is 0 Å². The molecule has 0 unspecified atom stereocenters. The fourth-order valence-corrected chi connectivity index (χ4v) is 3.10. The minimum absolute atomic E-state index is 0.322. The molecule has 0 atom stereocenters. The van der Waals surface area contributed by atoms with Gasteiger partial charge in [-0.2, -0.15) is 0 Å². The van der Waals surface area contributed by atoms with Crippen molar-refractivity contribution < 1.29 is 5.11 Å². The Bertz CT molecular complexity index is 360. The Balaban J connectivity index is 3.39. The molecule has 1 aromatic carbocycles. The van der Waals surface area contributed by atoms with E-state index in [9.17, 15) is 5.11 Å². The number of rotatable bonds is 2. The number of phenolic OH excluding ortho intramolecular Hbond substituents is 1. The van der Waals surface area contributed by atoms with Gasteiger partial charge in [0.15, 0.2) is 0 Å². The molecule has 0 saturated heterocycles. The predicted octanol–water partition coefficient (Wildman–Crippen LogP) is 4.04. The van der Waals surface area contributed by atoms with E-state index >= 15 is 0 Å². The second-order valence-electron chi connectivity index (χ2n) is 3.90. The largest absolute Gasteiger partial charge is 0.505 e. The number of aromatic hydroxyl groups is 1. The molecule has 4 heteroatoms. The molecule has 0 bridgehead atoms. The van der Waals surface area contributed by atoms with E-state index < -0.39 is 0 Å². The van der Waals surface area contributed by atoms with Crippen molar-refractivity contribution in [3.05, 3.63) is 18.3 Å². The third-order valence-electron chi connectivity index (χ3n) is 2.23. The standard InChI is InChI=1S/C11H15I2NO/c1-5(2)14-10-9(13)6(3)8(12)7(4)11(10)15/h5,14-15H,1-4H3. The van der Waals surface area contributed by atoms with E-state index in [1.54, 1.807) is 0 Å². The van der Waals surface area contributed by atoms with Gasteiger partial charge in [-0.15, -0.1) is 0 Å². The van der Waals surface area contributed by atoms with Gasteiger partial charge in [-0.1, -0.05) is 0 Å². The third kappa shape index (κ3) is 2.69. The lowest BCUT2D eigenvalue weighted by Gasteiger charge is -2.18. The Morgan fingerprint density at radius 2 is 1.60 bits per heavy atom. The van der Waals surface area contributed by atoms with Crippen LogP contribution < -0.4 is 5.32 Å². The first-order chi connectivity index (χ1) is 6.86. The van der Waals surface area contributed by atoms with E-state index in [4.69, 9.17) is 0 Å². The van der Waals surface area contributed by atoms with Gasteiger partial charge in [-0.25, -0.2) is 0 Å². The van der Waals surface area contributed by atoms with Crippen LogP contribution in [0, 0.1) is 21.0 Å². The summed E-state index contributed by atoms with van der Waals surface area (Å²) in [5, 5.41) is 13.3. The average Bonchev–Trinajstić information content (AvgIpc) is 2.18. The van der Waals surface area contributed by atoms with Crippen LogP contribution in [-0.2, 0) is 0 Å². The number of benzene rings is 1. The van der Waals surface area contributed by atoms with Gasteiger partial charge in [0.1, 0.15) is 5.75 Å². The summed E-state index contributed by atoms with van der Waals surface area (Å²) in [6.07, 6.45) is 0. The van der Waals surface area contributed by atoms with E-state index in [-0.39, 0.29) is 0 Å². The summed E-state index contributed by atoms with van der Waals surface area (Å²) in [7, 11) is 0. The van der Waals surface area contributed by atoms with Crippen molar-refractivity contribution in [2.45, 2.75) is 33.7 Å². The normalized spacial score (nSPS) is 10.9. The molecule has 0 radical (unpaired) electrons. The first-order valence-electron chi connectivity index (χ1n) is 4.79. The van der Waals surface area contributed by atoms with Crippen LogP contribution in [0.5, 0.6) is 5.75 Å². The quantitative estimate of drug-likeness (QED) is 0.548. The Morgan fingerprint density at radius 1 is 1.07 bits per heavy atom. The molecule has 84 valence electrons. The zero-order valence-corrected chi connectivity index (χ0v) is 13.6. The second kappa shape index (κ2) is 5.07. The first-order valence-corrected chi connectivity index (χ1v) is 6.95. The summed E-state index contributed by atoms with van der Waals surface area (Å²) in [6.45, 7) is 8.17. The molecule has 0 aliphatic rings. The highest BCUT2D eigenvalue weighted by molar-refractivity contribution is 14.1. The lowest BCUT2D eigenvalue weighted by molar-refractivity contribution is 0.471. The Morgan fingerprint density at radius 3 is 2.07 bits per heavy atom. The van der Waals surface area contributed by atoms with Gasteiger partial charge in [0, 0.05) is 18.7 Å². The Kier molecular flexibility index (Phi) is 4.51. The summed E-state index contributed by atoms with van der Waals surface area (Å²) >= 11 is 4.56. The van der Waals surface area contributed by atoms with Crippen molar-refractivity contribution >= 4 is 50.9 Å². The molecule has 2 N–H and O–H groups in total. The van der Waals surface area contributed by atoms with Crippen LogP contribution >= 0.6 is 45.2 Å².